The summed E-state index contributed by atoms with van der Waals surface area (Å²) in [6, 6.07) is 0. The normalized spacial score (nSPS) is 16.0. The standard InChI is InChI=1S/C12H19N5O2/c1-9-10(8-16(2)15-9)14-11(18)12(19)17-6-3-4-13-5-7-17/h8,13H,3-7H2,1-2H3,(H,14,18). The lowest BCUT2D eigenvalue weighted by Gasteiger charge is -2.18. The molecule has 19 heavy (non-hydrogen) atoms. The van der Waals surface area contributed by atoms with Crippen LogP contribution in [0, 0.1) is 6.92 Å². The Kier molecular flexibility index (Phi) is 4.16. The maximum atomic E-state index is 12.0. The molecule has 0 saturated carbocycles. The van der Waals surface area contributed by atoms with E-state index < -0.39 is 11.8 Å². The van der Waals surface area contributed by atoms with Crippen LogP contribution >= 0.6 is 0 Å². The Morgan fingerprint density at radius 3 is 2.84 bits per heavy atom. The Bertz CT molecular complexity index is 474. The third-order valence-electron chi connectivity index (χ3n) is 3.08. The molecule has 2 heterocycles. The lowest BCUT2D eigenvalue weighted by molar-refractivity contribution is -0.143. The molecule has 7 heteroatoms. The molecule has 0 aromatic carbocycles. The zero-order chi connectivity index (χ0) is 13.8. The van der Waals surface area contributed by atoms with Crippen LogP contribution in [0.5, 0.6) is 0 Å². The number of carbonyl (C=O) groups excluding carboxylic acids is 2. The van der Waals surface area contributed by atoms with Crippen molar-refractivity contribution in [2.75, 3.05) is 31.5 Å². The summed E-state index contributed by atoms with van der Waals surface area (Å²) in [5.74, 6) is -1.08. The molecule has 0 atom stereocenters. The zero-order valence-electron chi connectivity index (χ0n) is 11.3. The molecular formula is C12H19N5O2. The first-order valence-corrected chi connectivity index (χ1v) is 6.39. The second-order valence-electron chi connectivity index (χ2n) is 4.65. The minimum atomic E-state index is -0.599. The van der Waals surface area contributed by atoms with E-state index in [9.17, 15) is 9.59 Å². The van der Waals surface area contributed by atoms with Gasteiger partial charge in [-0.25, -0.2) is 0 Å². The van der Waals surface area contributed by atoms with Gasteiger partial charge in [0.2, 0.25) is 0 Å². The molecule has 0 bridgehead atoms. The molecule has 2 rings (SSSR count). The van der Waals surface area contributed by atoms with Gasteiger partial charge in [-0.3, -0.25) is 14.3 Å². The average molecular weight is 265 g/mol. The summed E-state index contributed by atoms with van der Waals surface area (Å²) in [7, 11) is 1.77. The summed E-state index contributed by atoms with van der Waals surface area (Å²) in [5, 5.41) is 9.93. The number of hydrogen-bond acceptors (Lipinski definition) is 4. The van der Waals surface area contributed by atoms with Crippen LogP contribution in [-0.2, 0) is 16.6 Å². The highest BCUT2D eigenvalue weighted by Crippen LogP contribution is 2.11. The van der Waals surface area contributed by atoms with Crippen LogP contribution in [0.15, 0.2) is 6.20 Å². The number of nitrogens with zero attached hydrogens (tertiary/aromatic N) is 3. The summed E-state index contributed by atoms with van der Waals surface area (Å²) >= 11 is 0. The molecule has 2 N–H and O–H groups in total. The maximum Gasteiger partial charge on any atom is 0.313 e. The number of hydrogen-bond donors (Lipinski definition) is 2. The minimum absolute atomic E-state index is 0.480. The fraction of sp³-hybridized carbons (Fsp3) is 0.583. The van der Waals surface area contributed by atoms with Crippen molar-refractivity contribution in [3.05, 3.63) is 11.9 Å². The number of aryl methyl sites for hydroxylation is 2. The average Bonchev–Trinajstić information content (AvgIpc) is 2.61. The van der Waals surface area contributed by atoms with E-state index in [0.717, 1.165) is 19.5 Å². The molecule has 104 valence electrons. The predicted molar refractivity (Wildman–Crippen MR) is 70.6 cm³/mol. The van der Waals surface area contributed by atoms with Gasteiger partial charge in [-0.2, -0.15) is 5.10 Å². The van der Waals surface area contributed by atoms with Gasteiger partial charge in [0.05, 0.1) is 11.4 Å². The molecule has 0 spiro atoms. The van der Waals surface area contributed by atoms with Crippen LogP contribution in [0.1, 0.15) is 12.1 Å². The molecule has 2 amide bonds. The van der Waals surface area contributed by atoms with Gasteiger partial charge in [-0.1, -0.05) is 0 Å². The van der Waals surface area contributed by atoms with E-state index in [0.29, 0.717) is 24.5 Å². The highest BCUT2D eigenvalue weighted by molar-refractivity contribution is 6.39. The Labute approximate surface area is 111 Å². The predicted octanol–water partition coefficient (Wildman–Crippen LogP) is -0.511. The zero-order valence-corrected chi connectivity index (χ0v) is 11.3. The molecule has 0 unspecified atom stereocenters. The maximum absolute atomic E-state index is 12.0. The quantitative estimate of drug-likeness (QED) is 0.670. The Morgan fingerprint density at radius 2 is 2.16 bits per heavy atom. The molecule has 7 nitrogen and oxygen atoms in total. The van der Waals surface area contributed by atoms with Crippen LogP contribution in [0.2, 0.25) is 0 Å². The van der Waals surface area contributed by atoms with Gasteiger partial charge in [-0.05, 0) is 19.9 Å². The highest BCUT2D eigenvalue weighted by Gasteiger charge is 2.23. The molecule has 1 saturated heterocycles. The smallest absolute Gasteiger partial charge is 0.313 e. The summed E-state index contributed by atoms with van der Waals surface area (Å²) < 4.78 is 1.60. The fourth-order valence-corrected chi connectivity index (χ4v) is 2.09. The number of nitrogens with one attached hydrogen (secondary N) is 2. The first-order chi connectivity index (χ1) is 9.08. The van der Waals surface area contributed by atoms with Crippen molar-refractivity contribution in [1.29, 1.82) is 0 Å². The number of aromatic nitrogens is 2. The van der Waals surface area contributed by atoms with Gasteiger partial charge in [0.15, 0.2) is 0 Å². The molecule has 0 radical (unpaired) electrons. The Balaban J connectivity index is 1.98. The molecule has 0 aliphatic carbocycles. The SMILES string of the molecule is Cc1nn(C)cc1NC(=O)C(=O)N1CCCNCC1. The van der Waals surface area contributed by atoms with Crippen LogP contribution in [-0.4, -0.2) is 52.7 Å². The second kappa shape index (κ2) is 5.83. The second-order valence-corrected chi connectivity index (χ2v) is 4.65. The van der Waals surface area contributed by atoms with E-state index in [1.165, 1.54) is 0 Å². The summed E-state index contributed by atoms with van der Waals surface area (Å²) in [4.78, 5) is 25.5. The van der Waals surface area contributed by atoms with Gasteiger partial charge in [-0.15, -0.1) is 0 Å². The number of amides is 2. The van der Waals surface area contributed by atoms with E-state index in [4.69, 9.17) is 0 Å². The lowest BCUT2D eigenvalue weighted by Crippen LogP contribution is -2.41. The van der Waals surface area contributed by atoms with Crippen molar-refractivity contribution in [3.8, 4) is 0 Å². The van der Waals surface area contributed by atoms with E-state index in [1.807, 2.05) is 0 Å². The summed E-state index contributed by atoms with van der Waals surface area (Å²) in [5.41, 5.74) is 1.27. The third kappa shape index (κ3) is 3.31. The largest absolute Gasteiger partial charge is 0.333 e. The molecule has 1 fully saturated rings. The Morgan fingerprint density at radius 1 is 1.37 bits per heavy atom. The lowest BCUT2D eigenvalue weighted by atomic mass is 10.3. The van der Waals surface area contributed by atoms with Crippen molar-refractivity contribution < 1.29 is 9.59 Å². The number of anilines is 1. The number of carbonyl (C=O) groups is 2. The van der Waals surface area contributed by atoms with Gasteiger partial charge in [0, 0.05) is 32.9 Å². The molecule has 1 aliphatic heterocycles. The summed E-state index contributed by atoms with van der Waals surface area (Å²) in [6.07, 6.45) is 2.55. The van der Waals surface area contributed by atoms with Crippen molar-refractivity contribution in [3.63, 3.8) is 0 Å². The fourth-order valence-electron chi connectivity index (χ4n) is 2.09. The molecule has 1 aromatic rings. The molecule has 1 aliphatic rings. The highest BCUT2D eigenvalue weighted by atomic mass is 16.2. The van der Waals surface area contributed by atoms with Crippen molar-refractivity contribution in [1.82, 2.24) is 20.0 Å². The van der Waals surface area contributed by atoms with E-state index in [2.05, 4.69) is 15.7 Å². The summed E-state index contributed by atoms with van der Waals surface area (Å²) in [6.45, 7) is 4.58. The van der Waals surface area contributed by atoms with Crippen molar-refractivity contribution >= 4 is 17.5 Å². The van der Waals surface area contributed by atoms with Crippen molar-refractivity contribution in [2.45, 2.75) is 13.3 Å². The molecular weight excluding hydrogens is 246 g/mol. The van der Waals surface area contributed by atoms with Gasteiger partial charge in [0.1, 0.15) is 0 Å². The van der Waals surface area contributed by atoms with Crippen LogP contribution in [0.3, 0.4) is 0 Å². The van der Waals surface area contributed by atoms with E-state index in [-0.39, 0.29) is 0 Å². The third-order valence-corrected chi connectivity index (χ3v) is 3.08. The topological polar surface area (TPSA) is 79.3 Å². The first-order valence-electron chi connectivity index (χ1n) is 6.39. The van der Waals surface area contributed by atoms with E-state index >= 15 is 0 Å². The van der Waals surface area contributed by atoms with Gasteiger partial charge >= 0.3 is 11.8 Å². The molecule has 1 aromatic heterocycles. The van der Waals surface area contributed by atoms with E-state index in [1.54, 1.807) is 29.7 Å². The monoisotopic (exact) mass is 265 g/mol. The minimum Gasteiger partial charge on any atom is -0.333 e. The van der Waals surface area contributed by atoms with Crippen LogP contribution in [0.4, 0.5) is 5.69 Å². The van der Waals surface area contributed by atoms with Crippen LogP contribution in [0.25, 0.3) is 0 Å². The van der Waals surface area contributed by atoms with Gasteiger partial charge < -0.3 is 15.5 Å². The van der Waals surface area contributed by atoms with Crippen molar-refractivity contribution in [2.24, 2.45) is 7.05 Å². The van der Waals surface area contributed by atoms with Crippen LogP contribution < -0.4 is 10.6 Å². The number of rotatable bonds is 1. The Hall–Kier alpha value is -1.89. The van der Waals surface area contributed by atoms with Gasteiger partial charge in [0.25, 0.3) is 0 Å². The first kappa shape index (κ1) is 13.5.